The first kappa shape index (κ1) is 23.9. The van der Waals surface area contributed by atoms with E-state index in [0.29, 0.717) is 43.9 Å². The first-order chi connectivity index (χ1) is 16.5. The van der Waals surface area contributed by atoms with E-state index in [4.69, 9.17) is 9.47 Å². The summed E-state index contributed by atoms with van der Waals surface area (Å²) in [4.78, 5) is 25.3. The zero-order valence-electron chi connectivity index (χ0n) is 19.4. The minimum absolute atomic E-state index is 0.107. The first-order valence-corrected chi connectivity index (χ1v) is 11.8. The number of H-pyrrole nitrogens is 1. The van der Waals surface area contributed by atoms with Crippen molar-refractivity contribution in [3.05, 3.63) is 74.8 Å². The van der Waals surface area contributed by atoms with Gasteiger partial charge in [-0.3, -0.25) is 9.78 Å². The van der Waals surface area contributed by atoms with Crippen molar-refractivity contribution in [3.63, 3.8) is 0 Å². The topological polar surface area (TPSA) is 124 Å². The highest BCUT2D eigenvalue weighted by Crippen LogP contribution is 2.31. The second kappa shape index (κ2) is 10.8. The van der Waals surface area contributed by atoms with Crippen LogP contribution >= 0.6 is 0 Å². The maximum atomic E-state index is 11.8. The summed E-state index contributed by atoms with van der Waals surface area (Å²) in [5, 5.41) is 19.9. The lowest BCUT2D eigenvalue weighted by atomic mass is 9.99. The monoisotopic (exact) mass is 469 g/mol. The van der Waals surface area contributed by atoms with E-state index in [9.17, 15) is 14.7 Å². The van der Waals surface area contributed by atoms with Crippen molar-refractivity contribution < 1.29 is 14.6 Å². The van der Waals surface area contributed by atoms with Gasteiger partial charge >= 0.3 is 5.69 Å². The molecule has 1 saturated heterocycles. The summed E-state index contributed by atoms with van der Waals surface area (Å²) in [6.07, 6.45) is 7.47. The molecule has 1 aliphatic heterocycles. The highest BCUT2D eigenvalue weighted by Gasteiger charge is 2.33. The van der Waals surface area contributed by atoms with Gasteiger partial charge in [0.15, 0.2) is 5.72 Å². The Morgan fingerprint density at radius 2 is 2.06 bits per heavy atom. The Bertz CT molecular complexity index is 1200. The Balaban J connectivity index is 1.44. The molecule has 0 spiro atoms. The van der Waals surface area contributed by atoms with Crippen LogP contribution in [0.25, 0.3) is 0 Å². The summed E-state index contributed by atoms with van der Waals surface area (Å²) in [5.41, 5.74) is -0.698. The summed E-state index contributed by atoms with van der Waals surface area (Å²) < 4.78 is 14.6. The first-order valence-electron chi connectivity index (χ1n) is 11.8. The molecule has 34 heavy (non-hydrogen) atoms. The minimum Gasteiger partial charge on any atom is -0.490 e. The molecule has 1 aromatic carbocycles. The number of aliphatic hydroxyl groups is 1. The van der Waals surface area contributed by atoms with Crippen molar-refractivity contribution in [1.82, 2.24) is 24.5 Å². The molecular formula is C24H31N5O5. The van der Waals surface area contributed by atoms with Crippen molar-refractivity contribution in [3.8, 4) is 5.75 Å². The number of aryl methyl sites for hydroxylation is 2. The Morgan fingerprint density at radius 1 is 1.24 bits per heavy atom. The summed E-state index contributed by atoms with van der Waals surface area (Å²) in [6, 6.07) is 8.85. The number of ether oxygens (including phenoxy) is 2. The fraction of sp³-hybridized carbons (Fsp3) is 0.500. The lowest BCUT2D eigenvalue weighted by Crippen LogP contribution is -2.36. The van der Waals surface area contributed by atoms with E-state index in [0.717, 1.165) is 31.4 Å². The molecule has 3 aromatic rings. The third-order valence-corrected chi connectivity index (χ3v) is 6.21. The van der Waals surface area contributed by atoms with Gasteiger partial charge < -0.3 is 19.1 Å². The van der Waals surface area contributed by atoms with Crippen LogP contribution in [0.3, 0.4) is 0 Å². The molecule has 0 radical (unpaired) electrons. The second-order valence-electron chi connectivity index (χ2n) is 8.53. The van der Waals surface area contributed by atoms with Crippen molar-refractivity contribution in [2.45, 2.75) is 63.8 Å². The van der Waals surface area contributed by atoms with Gasteiger partial charge in [-0.15, -0.1) is 5.10 Å². The van der Waals surface area contributed by atoms with Crippen LogP contribution in [0.2, 0.25) is 0 Å². The average molecular weight is 470 g/mol. The maximum absolute atomic E-state index is 11.8. The number of nitrogens with one attached hydrogen (secondary N) is 1. The van der Waals surface area contributed by atoms with Crippen LogP contribution in [0.15, 0.2) is 52.3 Å². The normalized spacial score (nSPS) is 16.3. The average Bonchev–Trinajstić information content (AvgIpc) is 3.32. The summed E-state index contributed by atoms with van der Waals surface area (Å²) in [5.74, 6) is 0.712. The van der Waals surface area contributed by atoms with E-state index >= 15 is 0 Å². The van der Waals surface area contributed by atoms with Gasteiger partial charge in [0.1, 0.15) is 11.9 Å². The van der Waals surface area contributed by atoms with Gasteiger partial charge in [0, 0.05) is 37.2 Å². The minimum atomic E-state index is -1.36. The number of aromatic nitrogens is 5. The second-order valence-corrected chi connectivity index (χ2v) is 8.53. The van der Waals surface area contributed by atoms with Crippen molar-refractivity contribution in [2.24, 2.45) is 0 Å². The Hall–Kier alpha value is -3.24. The lowest BCUT2D eigenvalue weighted by molar-refractivity contribution is -0.0154. The fourth-order valence-electron chi connectivity index (χ4n) is 4.23. The molecule has 10 nitrogen and oxygen atoms in total. The number of nitrogens with zero attached hydrogens (tertiary/aromatic N) is 4. The summed E-state index contributed by atoms with van der Waals surface area (Å²) in [6.45, 7) is 3.78. The molecule has 3 heterocycles. The quantitative estimate of drug-likeness (QED) is 0.434. The molecule has 2 aromatic heterocycles. The molecule has 0 amide bonds. The van der Waals surface area contributed by atoms with E-state index in [-0.39, 0.29) is 6.10 Å². The molecule has 2 N–H and O–H groups in total. The van der Waals surface area contributed by atoms with Crippen LogP contribution in [-0.2, 0) is 23.4 Å². The van der Waals surface area contributed by atoms with Crippen molar-refractivity contribution in [2.75, 3.05) is 13.2 Å². The van der Waals surface area contributed by atoms with Gasteiger partial charge in [-0.1, -0.05) is 24.3 Å². The SMILES string of the molecule is CC[C@@](O)(c1cccc(OC2CCOCC2)c1)n1nncc1CCCCn1ccc(=O)[nH]c1=O. The lowest BCUT2D eigenvalue weighted by Gasteiger charge is -2.30. The number of aromatic amines is 1. The molecule has 0 unspecified atom stereocenters. The molecule has 182 valence electrons. The fourth-order valence-corrected chi connectivity index (χ4v) is 4.23. The molecule has 4 rings (SSSR count). The van der Waals surface area contributed by atoms with E-state index in [1.807, 2.05) is 31.2 Å². The molecule has 0 aliphatic carbocycles. The van der Waals surface area contributed by atoms with E-state index < -0.39 is 17.0 Å². The molecular weight excluding hydrogens is 438 g/mol. The van der Waals surface area contributed by atoms with Gasteiger partial charge in [-0.2, -0.15) is 0 Å². The molecule has 0 saturated carbocycles. The molecule has 1 atom stereocenters. The molecule has 1 fully saturated rings. The number of rotatable bonds is 10. The zero-order chi connectivity index (χ0) is 24.0. The third kappa shape index (κ3) is 5.45. The van der Waals surface area contributed by atoms with Crippen LogP contribution in [0.4, 0.5) is 0 Å². The van der Waals surface area contributed by atoms with Gasteiger partial charge in [0.2, 0.25) is 0 Å². The number of unbranched alkanes of at least 4 members (excludes halogenated alkanes) is 1. The van der Waals surface area contributed by atoms with Crippen LogP contribution in [-0.4, -0.2) is 49.0 Å². The highest BCUT2D eigenvalue weighted by atomic mass is 16.5. The van der Waals surface area contributed by atoms with Crippen molar-refractivity contribution in [1.29, 1.82) is 0 Å². The third-order valence-electron chi connectivity index (χ3n) is 6.21. The summed E-state index contributed by atoms with van der Waals surface area (Å²) >= 11 is 0. The van der Waals surface area contributed by atoms with Crippen LogP contribution in [0.1, 0.15) is 50.3 Å². The smallest absolute Gasteiger partial charge is 0.328 e. The predicted molar refractivity (Wildman–Crippen MR) is 125 cm³/mol. The standard InChI is InChI=1S/C24H31N5O5/c1-2-24(32,18-6-5-8-21(16-18)34-20-10-14-33-15-11-20)29-19(17-25-27-29)7-3-4-12-28-13-9-22(30)26-23(28)31/h5-6,8-9,13,16-17,20,32H,2-4,7,10-12,14-15H2,1H3,(H,26,30,31)/t24-/m1/s1. The predicted octanol–water partition coefficient (Wildman–Crippen LogP) is 1.81. The van der Waals surface area contributed by atoms with E-state index in [1.165, 1.54) is 16.8 Å². The van der Waals surface area contributed by atoms with Crippen LogP contribution in [0, 0.1) is 0 Å². The van der Waals surface area contributed by atoms with Gasteiger partial charge in [0.05, 0.1) is 25.1 Å². The van der Waals surface area contributed by atoms with Gasteiger partial charge in [-0.25, -0.2) is 9.48 Å². The largest absolute Gasteiger partial charge is 0.490 e. The van der Waals surface area contributed by atoms with Gasteiger partial charge in [-0.05, 0) is 37.8 Å². The highest BCUT2D eigenvalue weighted by molar-refractivity contribution is 5.33. The number of hydrogen-bond acceptors (Lipinski definition) is 7. The van der Waals surface area contributed by atoms with Crippen LogP contribution < -0.4 is 16.0 Å². The van der Waals surface area contributed by atoms with Crippen molar-refractivity contribution >= 4 is 0 Å². The van der Waals surface area contributed by atoms with Gasteiger partial charge in [0.25, 0.3) is 5.56 Å². The Kier molecular flexibility index (Phi) is 7.59. The molecule has 0 bridgehead atoms. The Labute approximate surface area is 197 Å². The number of hydrogen-bond donors (Lipinski definition) is 2. The maximum Gasteiger partial charge on any atom is 0.328 e. The van der Waals surface area contributed by atoms with Crippen LogP contribution in [0.5, 0.6) is 5.75 Å². The molecule has 10 heteroatoms. The Morgan fingerprint density at radius 3 is 2.82 bits per heavy atom. The number of benzene rings is 1. The van der Waals surface area contributed by atoms with E-state index in [2.05, 4.69) is 15.3 Å². The zero-order valence-corrected chi connectivity index (χ0v) is 19.4. The molecule has 1 aliphatic rings. The summed E-state index contributed by atoms with van der Waals surface area (Å²) in [7, 11) is 0. The van der Waals surface area contributed by atoms with E-state index in [1.54, 1.807) is 10.9 Å².